The molecule has 0 aliphatic rings. The number of aromatic nitrogens is 6. The van der Waals surface area contributed by atoms with Crippen molar-refractivity contribution in [2.24, 2.45) is 0 Å². The van der Waals surface area contributed by atoms with Gasteiger partial charge in [-0.1, -0.05) is 13.0 Å². The Morgan fingerprint density at radius 3 is 2.91 bits per heavy atom. The molecule has 3 heterocycles. The number of pyridine rings is 1. The highest BCUT2D eigenvalue weighted by Crippen LogP contribution is 2.29. The minimum Gasteiger partial charge on any atom is -0.481 e. The van der Waals surface area contributed by atoms with Crippen molar-refractivity contribution in [3.8, 4) is 17.4 Å². The van der Waals surface area contributed by atoms with Crippen molar-refractivity contribution in [1.82, 2.24) is 30.0 Å². The zero-order valence-corrected chi connectivity index (χ0v) is 12.0. The summed E-state index contributed by atoms with van der Waals surface area (Å²) < 4.78 is 7.07. The Kier molecular flexibility index (Phi) is 3.45. The second-order valence-electron chi connectivity index (χ2n) is 4.69. The lowest BCUT2D eigenvalue weighted by atomic mass is 9.98. The molecule has 2 N–H and O–H groups in total. The lowest BCUT2D eigenvalue weighted by Gasteiger charge is -2.11. The van der Waals surface area contributed by atoms with E-state index < -0.39 is 11.9 Å². The molecule has 0 radical (unpaired) electrons. The van der Waals surface area contributed by atoms with Gasteiger partial charge in [0.15, 0.2) is 5.69 Å². The van der Waals surface area contributed by atoms with E-state index >= 15 is 0 Å². The van der Waals surface area contributed by atoms with Gasteiger partial charge in [-0.05, 0) is 23.3 Å². The molecular weight excluding hydrogens is 288 g/mol. The van der Waals surface area contributed by atoms with Crippen molar-refractivity contribution in [2.75, 3.05) is 7.11 Å². The molecule has 0 amide bonds. The largest absolute Gasteiger partial charge is 0.481 e. The summed E-state index contributed by atoms with van der Waals surface area (Å²) in [5, 5.41) is 23.0. The Bertz CT molecular complexity index is 811. The van der Waals surface area contributed by atoms with E-state index in [1.165, 1.54) is 7.11 Å². The molecule has 0 spiro atoms. The third-order valence-corrected chi connectivity index (χ3v) is 3.46. The summed E-state index contributed by atoms with van der Waals surface area (Å²) in [5.41, 5.74) is 1.73. The summed E-state index contributed by atoms with van der Waals surface area (Å²) in [6.45, 7) is 1.83. The van der Waals surface area contributed by atoms with Crippen LogP contribution in [0, 0.1) is 0 Å². The molecule has 0 saturated heterocycles. The van der Waals surface area contributed by atoms with Gasteiger partial charge >= 0.3 is 5.97 Å². The fourth-order valence-corrected chi connectivity index (χ4v) is 2.40. The molecule has 0 aromatic carbocycles. The molecular formula is C13H14N6O3. The number of ether oxygens (including phenoxy) is 1. The number of carboxylic acid groups (broad SMARTS) is 1. The Morgan fingerprint density at radius 2 is 2.32 bits per heavy atom. The van der Waals surface area contributed by atoms with Crippen LogP contribution in [0.1, 0.15) is 24.8 Å². The van der Waals surface area contributed by atoms with Crippen molar-refractivity contribution < 1.29 is 14.6 Å². The van der Waals surface area contributed by atoms with E-state index in [4.69, 9.17) is 4.74 Å². The first kappa shape index (κ1) is 14.0. The van der Waals surface area contributed by atoms with E-state index in [1.807, 2.05) is 6.92 Å². The number of aromatic amines is 1. The number of aliphatic carboxylic acids is 1. The van der Waals surface area contributed by atoms with Crippen LogP contribution in [-0.2, 0) is 4.79 Å². The van der Waals surface area contributed by atoms with Gasteiger partial charge < -0.3 is 9.84 Å². The summed E-state index contributed by atoms with van der Waals surface area (Å²) in [6, 6.07) is 3.50. The molecule has 1 unspecified atom stereocenters. The topological polar surface area (TPSA) is 118 Å². The van der Waals surface area contributed by atoms with Crippen LogP contribution in [-0.4, -0.2) is 48.2 Å². The van der Waals surface area contributed by atoms with Gasteiger partial charge in [-0.25, -0.2) is 4.98 Å². The second-order valence-corrected chi connectivity index (χ2v) is 4.69. The monoisotopic (exact) mass is 302 g/mol. The molecule has 1 atom stereocenters. The number of hydrogen-bond acceptors (Lipinski definition) is 6. The highest BCUT2D eigenvalue weighted by molar-refractivity contribution is 5.76. The van der Waals surface area contributed by atoms with E-state index in [0.29, 0.717) is 35.0 Å². The summed E-state index contributed by atoms with van der Waals surface area (Å²) >= 11 is 0. The molecule has 3 aromatic heterocycles. The van der Waals surface area contributed by atoms with Gasteiger partial charge in [0.1, 0.15) is 5.65 Å². The van der Waals surface area contributed by atoms with Crippen LogP contribution in [0.25, 0.3) is 17.2 Å². The van der Waals surface area contributed by atoms with Crippen LogP contribution in [0.2, 0.25) is 0 Å². The Labute approximate surface area is 124 Å². The number of hydrogen-bond donors (Lipinski definition) is 2. The number of nitrogens with zero attached hydrogens (tertiary/aromatic N) is 5. The van der Waals surface area contributed by atoms with Gasteiger partial charge in [0, 0.05) is 6.20 Å². The average molecular weight is 302 g/mol. The van der Waals surface area contributed by atoms with Crippen LogP contribution < -0.4 is 4.74 Å². The summed E-state index contributed by atoms with van der Waals surface area (Å²) in [5.74, 6) is -0.699. The first-order valence-corrected chi connectivity index (χ1v) is 6.68. The summed E-state index contributed by atoms with van der Waals surface area (Å²) in [4.78, 5) is 15.7. The third-order valence-electron chi connectivity index (χ3n) is 3.46. The quantitative estimate of drug-likeness (QED) is 0.724. The molecule has 9 heteroatoms. The van der Waals surface area contributed by atoms with E-state index in [1.54, 1.807) is 22.7 Å². The maximum atomic E-state index is 11.3. The number of imidazole rings is 1. The molecule has 0 aliphatic heterocycles. The van der Waals surface area contributed by atoms with Crippen molar-refractivity contribution >= 4 is 11.6 Å². The van der Waals surface area contributed by atoms with E-state index in [-0.39, 0.29) is 0 Å². The maximum Gasteiger partial charge on any atom is 0.311 e. The van der Waals surface area contributed by atoms with Crippen LogP contribution in [0.15, 0.2) is 18.3 Å². The zero-order chi connectivity index (χ0) is 15.7. The normalized spacial score (nSPS) is 12.5. The summed E-state index contributed by atoms with van der Waals surface area (Å²) in [7, 11) is 1.51. The molecule has 22 heavy (non-hydrogen) atoms. The predicted octanol–water partition coefficient (Wildman–Crippen LogP) is 1.10. The van der Waals surface area contributed by atoms with Gasteiger partial charge in [-0.15, -0.1) is 10.2 Å². The molecule has 9 nitrogen and oxygen atoms in total. The van der Waals surface area contributed by atoms with Crippen LogP contribution in [0.3, 0.4) is 0 Å². The molecule has 3 rings (SSSR count). The highest BCUT2D eigenvalue weighted by atomic mass is 16.5. The van der Waals surface area contributed by atoms with Crippen molar-refractivity contribution in [3.05, 3.63) is 23.9 Å². The van der Waals surface area contributed by atoms with Gasteiger partial charge in [0.05, 0.1) is 13.0 Å². The number of methoxy groups -OCH3 is 1. The number of carbonyl (C=O) groups is 1. The SMILES string of the molecule is CCC(C(=O)O)c1ccc2nc(-c3nn[nH]n3)c(OC)n2c1. The van der Waals surface area contributed by atoms with Crippen LogP contribution in [0.4, 0.5) is 0 Å². The number of rotatable bonds is 5. The second kappa shape index (κ2) is 5.43. The zero-order valence-electron chi connectivity index (χ0n) is 12.0. The van der Waals surface area contributed by atoms with Crippen molar-refractivity contribution in [3.63, 3.8) is 0 Å². The Hall–Kier alpha value is -2.97. The lowest BCUT2D eigenvalue weighted by molar-refractivity contribution is -0.138. The average Bonchev–Trinajstić information content (AvgIpc) is 3.14. The standard InChI is InChI=1S/C13H14N6O3/c1-3-8(13(20)21)7-4-5-9-14-10(11-15-17-18-16-11)12(22-2)19(9)6-7/h4-6,8H,3H2,1-2H3,(H,20,21)(H,15,16,17,18). The molecule has 3 aromatic rings. The van der Waals surface area contributed by atoms with Gasteiger partial charge in [-0.2, -0.15) is 5.21 Å². The maximum absolute atomic E-state index is 11.3. The smallest absolute Gasteiger partial charge is 0.311 e. The number of fused-ring (bicyclic) bond motifs is 1. The van der Waals surface area contributed by atoms with Gasteiger partial charge in [0.25, 0.3) is 0 Å². The lowest BCUT2D eigenvalue weighted by Crippen LogP contribution is -2.11. The van der Waals surface area contributed by atoms with E-state index in [0.717, 1.165) is 0 Å². The Balaban J connectivity index is 2.18. The molecule has 0 bridgehead atoms. The predicted molar refractivity (Wildman–Crippen MR) is 75.6 cm³/mol. The number of nitrogens with one attached hydrogen (secondary N) is 1. The van der Waals surface area contributed by atoms with Crippen molar-refractivity contribution in [2.45, 2.75) is 19.3 Å². The molecule has 0 fully saturated rings. The van der Waals surface area contributed by atoms with Crippen LogP contribution in [0.5, 0.6) is 5.88 Å². The van der Waals surface area contributed by atoms with Crippen LogP contribution >= 0.6 is 0 Å². The minimum absolute atomic E-state index is 0.312. The van der Waals surface area contributed by atoms with E-state index in [9.17, 15) is 9.90 Å². The molecule has 114 valence electrons. The van der Waals surface area contributed by atoms with E-state index in [2.05, 4.69) is 25.6 Å². The molecule has 0 aliphatic carbocycles. The fourth-order valence-electron chi connectivity index (χ4n) is 2.40. The minimum atomic E-state index is -0.862. The first-order chi connectivity index (χ1) is 10.7. The summed E-state index contributed by atoms with van der Waals surface area (Å²) in [6.07, 6.45) is 2.21. The first-order valence-electron chi connectivity index (χ1n) is 6.68. The highest BCUT2D eigenvalue weighted by Gasteiger charge is 2.22. The van der Waals surface area contributed by atoms with Gasteiger partial charge in [0.2, 0.25) is 11.7 Å². The number of tetrazole rings is 1. The van der Waals surface area contributed by atoms with Crippen molar-refractivity contribution in [1.29, 1.82) is 0 Å². The van der Waals surface area contributed by atoms with Gasteiger partial charge in [-0.3, -0.25) is 9.20 Å². The Morgan fingerprint density at radius 1 is 1.50 bits per heavy atom. The molecule has 0 saturated carbocycles. The fraction of sp³-hybridized carbons (Fsp3) is 0.308. The number of H-pyrrole nitrogens is 1. The third kappa shape index (κ3) is 2.16. The number of carboxylic acids is 1.